The molecule has 0 fully saturated rings. The molecule has 0 aliphatic heterocycles. The second-order valence-corrected chi connectivity index (χ2v) is 5.74. The fraction of sp³-hybridized carbons (Fsp3) is 0.150. The fourth-order valence-corrected chi connectivity index (χ4v) is 2.28. The molecule has 25 heavy (non-hydrogen) atoms. The first-order valence-electron chi connectivity index (χ1n) is 8.10. The molecule has 1 heterocycles. The van der Waals surface area contributed by atoms with E-state index in [9.17, 15) is 4.79 Å². The van der Waals surface area contributed by atoms with Gasteiger partial charge in [0.2, 0.25) is 0 Å². The highest BCUT2D eigenvalue weighted by atomic mass is 16.5. The van der Waals surface area contributed by atoms with Crippen LogP contribution in [0.2, 0.25) is 0 Å². The summed E-state index contributed by atoms with van der Waals surface area (Å²) in [5, 5.41) is 4.22. The van der Waals surface area contributed by atoms with E-state index in [0.717, 1.165) is 11.1 Å². The quantitative estimate of drug-likeness (QED) is 0.660. The van der Waals surface area contributed by atoms with Gasteiger partial charge in [0.25, 0.3) is 5.91 Å². The summed E-state index contributed by atoms with van der Waals surface area (Å²) in [6.45, 7) is 3.78. The van der Waals surface area contributed by atoms with Crippen LogP contribution in [0.1, 0.15) is 24.2 Å². The predicted molar refractivity (Wildman–Crippen MR) is 97.3 cm³/mol. The van der Waals surface area contributed by atoms with Crippen LogP contribution in [-0.2, 0) is 0 Å². The summed E-state index contributed by atoms with van der Waals surface area (Å²) in [6, 6.07) is 19.3. The van der Waals surface area contributed by atoms with Crippen LogP contribution in [0.25, 0.3) is 17.5 Å². The first-order valence-corrected chi connectivity index (χ1v) is 8.10. The van der Waals surface area contributed by atoms with E-state index in [1.165, 1.54) is 10.8 Å². The van der Waals surface area contributed by atoms with Gasteiger partial charge in [-0.15, -0.1) is 5.10 Å². The third kappa shape index (κ3) is 4.20. The van der Waals surface area contributed by atoms with Crippen LogP contribution in [0, 0.1) is 0 Å². The SMILES string of the molecule is CC(C)Oc1nc(-c2ccccc2)n(C(=O)/C=C/c2ccccc2)n1. The van der Waals surface area contributed by atoms with Crippen LogP contribution in [0.4, 0.5) is 0 Å². The van der Waals surface area contributed by atoms with Gasteiger partial charge in [-0.2, -0.15) is 9.67 Å². The molecular weight excluding hydrogens is 314 g/mol. The van der Waals surface area contributed by atoms with Crippen molar-refractivity contribution in [1.82, 2.24) is 14.8 Å². The van der Waals surface area contributed by atoms with Crippen molar-refractivity contribution < 1.29 is 9.53 Å². The van der Waals surface area contributed by atoms with Crippen molar-refractivity contribution in [3.05, 3.63) is 72.3 Å². The number of hydrogen-bond acceptors (Lipinski definition) is 4. The molecule has 0 N–H and O–H groups in total. The first kappa shape index (κ1) is 16.6. The summed E-state index contributed by atoms with van der Waals surface area (Å²) < 4.78 is 6.82. The summed E-state index contributed by atoms with van der Waals surface area (Å²) in [4.78, 5) is 17.0. The minimum absolute atomic E-state index is 0.0746. The van der Waals surface area contributed by atoms with Gasteiger partial charge in [-0.1, -0.05) is 60.7 Å². The average Bonchev–Trinajstić information content (AvgIpc) is 3.04. The smallest absolute Gasteiger partial charge is 0.336 e. The number of aromatic nitrogens is 3. The van der Waals surface area contributed by atoms with Crippen molar-refractivity contribution in [3.8, 4) is 17.4 Å². The molecule has 0 radical (unpaired) electrons. The molecule has 0 atom stereocenters. The Bertz CT molecular complexity index is 868. The summed E-state index contributed by atoms with van der Waals surface area (Å²) in [5.74, 6) is 0.174. The zero-order valence-corrected chi connectivity index (χ0v) is 14.2. The number of hydrogen-bond donors (Lipinski definition) is 0. The molecule has 0 bridgehead atoms. The van der Waals surface area contributed by atoms with Crippen molar-refractivity contribution in [2.24, 2.45) is 0 Å². The minimum atomic E-state index is -0.284. The minimum Gasteiger partial charge on any atom is -0.460 e. The van der Waals surface area contributed by atoms with Gasteiger partial charge in [-0.25, -0.2) is 0 Å². The van der Waals surface area contributed by atoms with Crippen LogP contribution < -0.4 is 4.74 Å². The van der Waals surface area contributed by atoms with E-state index in [-0.39, 0.29) is 18.0 Å². The molecule has 1 aromatic heterocycles. The summed E-state index contributed by atoms with van der Waals surface area (Å²) >= 11 is 0. The lowest BCUT2D eigenvalue weighted by molar-refractivity contribution is 0.0953. The molecule has 0 aliphatic rings. The summed E-state index contributed by atoms with van der Waals surface area (Å²) in [7, 11) is 0. The number of nitrogens with zero attached hydrogens (tertiary/aromatic N) is 3. The lowest BCUT2D eigenvalue weighted by Gasteiger charge is -2.02. The maximum absolute atomic E-state index is 12.6. The Morgan fingerprint density at radius 2 is 1.68 bits per heavy atom. The maximum Gasteiger partial charge on any atom is 0.336 e. The van der Waals surface area contributed by atoms with Crippen molar-refractivity contribution in [2.45, 2.75) is 20.0 Å². The molecule has 3 aromatic rings. The Morgan fingerprint density at radius 1 is 1.04 bits per heavy atom. The van der Waals surface area contributed by atoms with Crippen LogP contribution >= 0.6 is 0 Å². The standard InChI is InChI=1S/C20H19N3O2/c1-15(2)25-20-21-19(17-11-7-4-8-12-17)23(22-20)18(24)14-13-16-9-5-3-6-10-16/h3-15H,1-2H3/b14-13+. The Balaban J connectivity index is 1.94. The van der Waals surface area contributed by atoms with E-state index >= 15 is 0 Å². The van der Waals surface area contributed by atoms with E-state index in [2.05, 4.69) is 10.1 Å². The summed E-state index contributed by atoms with van der Waals surface area (Å²) in [6.07, 6.45) is 3.16. The zero-order valence-electron chi connectivity index (χ0n) is 14.2. The number of carbonyl (C=O) groups excluding carboxylic acids is 1. The molecule has 0 amide bonds. The van der Waals surface area contributed by atoms with Gasteiger partial charge >= 0.3 is 6.01 Å². The molecule has 3 rings (SSSR count). The molecular formula is C20H19N3O2. The average molecular weight is 333 g/mol. The molecule has 2 aromatic carbocycles. The Labute approximate surface area is 146 Å². The van der Waals surface area contributed by atoms with Crippen LogP contribution in [0.3, 0.4) is 0 Å². The van der Waals surface area contributed by atoms with Gasteiger partial charge in [0, 0.05) is 11.6 Å². The number of rotatable bonds is 5. The topological polar surface area (TPSA) is 57.0 Å². The van der Waals surface area contributed by atoms with E-state index in [1.54, 1.807) is 6.08 Å². The molecule has 0 unspecified atom stereocenters. The largest absolute Gasteiger partial charge is 0.460 e. The van der Waals surface area contributed by atoms with Gasteiger partial charge in [0.15, 0.2) is 5.82 Å². The summed E-state index contributed by atoms with van der Waals surface area (Å²) in [5.41, 5.74) is 1.74. The van der Waals surface area contributed by atoms with E-state index in [4.69, 9.17) is 4.74 Å². The highest BCUT2D eigenvalue weighted by molar-refractivity contribution is 5.95. The van der Waals surface area contributed by atoms with E-state index in [0.29, 0.717) is 5.82 Å². The van der Waals surface area contributed by atoms with Crippen LogP contribution in [0.15, 0.2) is 66.7 Å². The van der Waals surface area contributed by atoms with Gasteiger partial charge < -0.3 is 4.74 Å². The van der Waals surface area contributed by atoms with Crippen molar-refractivity contribution >= 4 is 12.0 Å². The number of carbonyl (C=O) groups is 1. The van der Waals surface area contributed by atoms with Crippen molar-refractivity contribution in [1.29, 1.82) is 0 Å². The number of ether oxygens (including phenoxy) is 1. The number of benzene rings is 2. The van der Waals surface area contributed by atoms with Crippen molar-refractivity contribution in [3.63, 3.8) is 0 Å². The maximum atomic E-state index is 12.6. The molecule has 5 nitrogen and oxygen atoms in total. The lowest BCUT2D eigenvalue weighted by atomic mass is 10.2. The van der Waals surface area contributed by atoms with Crippen LogP contribution in [-0.4, -0.2) is 26.8 Å². The van der Waals surface area contributed by atoms with Crippen LogP contribution in [0.5, 0.6) is 6.01 Å². The molecule has 126 valence electrons. The fourth-order valence-electron chi connectivity index (χ4n) is 2.28. The Morgan fingerprint density at radius 3 is 2.32 bits per heavy atom. The highest BCUT2D eigenvalue weighted by Gasteiger charge is 2.17. The monoisotopic (exact) mass is 333 g/mol. The normalized spacial score (nSPS) is 11.2. The van der Waals surface area contributed by atoms with Gasteiger partial charge in [-0.05, 0) is 25.5 Å². The number of allylic oxidation sites excluding steroid dienone is 1. The lowest BCUT2D eigenvalue weighted by Crippen LogP contribution is -2.12. The van der Waals surface area contributed by atoms with Crippen molar-refractivity contribution in [2.75, 3.05) is 0 Å². The third-order valence-electron chi connectivity index (χ3n) is 3.39. The second kappa shape index (κ2) is 7.57. The second-order valence-electron chi connectivity index (χ2n) is 5.74. The first-order chi connectivity index (χ1) is 12.1. The molecule has 0 spiro atoms. The Hall–Kier alpha value is -3.21. The zero-order chi connectivity index (χ0) is 17.6. The van der Waals surface area contributed by atoms with E-state index in [1.807, 2.05) is 74.5 Å². The Kier molecular flexibility index (Phi) is 5.04. The van der Waals surface area contributed by atoms with Gasteiger partial charge in [-0.3, -0.25) is 4.79 Å². The van der Waals surface area contributed by atoms with E-state index < -0.39 is 0 Å². The molecule has 0 saturated carbocycles. The molecule has 0 saturated heterocycles. The molecule has 5 heteroatoms. The van der Waals surface area contributed by atoms with Gasteiger partial charge in [0.1, 0.15) is 0 Å². The van der Waals surface area contributed by atoms with Gasteiger partial charge in [0.05, 0.1) is 6.10 Å². The molecule has 0 aliphatic carbocycles. The third-order valence-corrected chi connectivity index (χ3v) is 3.39. The predicted octanol–water partition coefficient (Wildman–Crippen LogP) is 4.09. The highest BCUT2D eigenvalue weighted by Crippen LogP contribution is 2.20.